The summed E-state index contributed by atoms with van der Waals surface area (Å²) in [5.74, 6) is 0.269. The summed E-state index contributed by atoms with van der Waals surface area (Å²) in [5, 5.41) is 8.91. The van der Waals surface area contributed by atoms with Gasteiger partial charge in [0.05, 0.1) is 33.0 Å². The van der Waals surface area contributed by atoms with E-state index in [1.165, 1.54) is 0 Å². The standard InChI is InChI=1S/C21H34N6O5/c1-2-20(28)26-19(16-17-4-6-18(7-5-17)32-11-3-8-22)21(29)24-9-12-30-14-15-31-13-10-25-27-23/h4-7,19H,2-3,8-16,22H2,1H3,(H,24,29)(H,26,28)/t19-/m0/s1. The van der Waals surface area contributed by atoms with Crippen LogP contribution in [0.5, 0.6) is 5.75 Å². The fraction of sp³-hybridized carbons (Fsp3) is 0.619. The van der Waals surface area contributed by atoms with Crippen LogP contribution >= 0.6 is 0 Å². The molecule has 0 aliphatic rings. The molecule has 0 saturated carbocycles. The highest BCUT2D eigenvalue weighted by Crippen LogP contribution is 2.14. The molecule has 0 radical (unpaired) electrons. The van der Waals surface area contributed by atoms with Crippen LogP contribution in [0.1, 0.15) is 25.3 Å². The van der Waals surface area contributed by atoms with Crippen LogP contribution in [0.15, 0.2) is 29.4 Å². The maximum Gasteiger partial charge on any atom is 0.243 e. The zero-order valence-electron chi connectivity index (χ0n) is 18.6. The summed E-state index contributed by atoms with van der Waals surface area (Å²) in [7, 11) is 0. The number of hydrogen-bond acceptors (Lipinski definition) is 7. The highest BCUT2D eigenvalue weighted by molar-refractivity contribution is 5.87. The first-order valence-corrected chi connectivity index (χ1v) is 10.8. The van der Waals surface area contributed by atoms with E-state index >= 15 is 0 Å². The first kappa shape index (κ1) is 27.2. The molecule has 1 aromatic carbocycles. The summed E-state index contributed by atoms with van der Waals surface area (Å²) in [6, 6.07) is 6.74. The molecule has 0 bridgehead atoms. The van der Waals surface area contributed by atoms with Gasteiger partial charge in [0.15, 0.2) is 0 Å². The van der Waals surface area contributed by atoms with Crippen molar-refractivity contribution in [2.75, 3.05) is 52.7 Å². The quantitative estimate of drug-likeness (QED) is 0.132. The maximum atomic E-state index is 12.6. The van der Waals surface area contributed by atoms with Crippen molar-refractivity contribution in [3.63, 3.8) is 0 Å². The summed E-state index contributed by atoms with van der Waals surface area (Å²) in [6.45, 7) is 4.84. The lowest BCUT2D eigenvalue weighted by Crippen LogP contribution is -2.48. The number of azide groups is 1. The van der Waals surface area contributed by atoms with E-state index in [-0.39, 0.29) is 18.4 Å². The Morgan fingerprint density at radius 3 is 2.50 bits per heavy atom. The molecule has 0 heterocycles. The van der Waals surface area contributed by atoms with Gasteiger partial charge in [0, 0.05) is 30.8 Å². The van der Waals surface area contributed by atoms with Crippen LogP contribution in [0.3, 0.4) is 0 Å². The topological polar surface area (TPSA) is 161 Å². The van der Waals surface area contributed by atoms with Gasteiger partial charge in [-0.15, -0.1) is 0 Å². The maximum absolute atomic E-state index is 12.6. The van der Waals surface area contributed by atoms with Crippen molar-refractivity contribution in [2.45, 2.75) is 32.2 Å². The Balaban J connectivity index is 2.41. The summed E-state index contributed by atoms with van der Waals surface area (Å²) < 4.78 is 16.2. The summed E-state index contributed by atoms with van der Waals surface area (Å²) in [5.41, 5.74) is 14.5. The molecule has 0 unspecified atom stereocenters. The Bertz CT molecular complexity index is 709. The largest absolute Gasteiger partial charge is 0.494 e. The number of ether oxygens (including phenoxy) is 3. The number of rotatable bonds is 18. The Morgan fingerprint density at radius 1 is 1.12 bits per heavy atom. The average Bonchev–Trinajstić information content (AvgIpc) is 2.80. The van der Waals surface area contributed by atoms with Crippen molar-refractivity contribution in [2.24, 2.45) is 10.8 Å². The molecule has 0 saturated heterocycles. The fourth-order valence-electron chi connectivity index (χ4n) is 2.58. The van der Waals surface area contributed by atoms with E-state index in [0.29, 0.717) is 59.0 Å². The molecular formula is C21H34N6O5. The number of nitrogens with one attached hydrogen (secondary N) is 2. The van der Waals surface area contributed by atoms with Crippen LogP contribution in [-0.4, -0.2) is 70.5 Å². The Labute approximate surface area is 188 Å². The number of nitrogens with zero attached hydrogens (tertiary/aromatic N) is 3. The normalized spacial score (nSPS) is 11.3. The monoisotopic (exact) mass is 450 g/mol. The van der Waals surface area contributed by atoms with E-state index in [2.05, 4.69) is 20.7 Å². The van der Waals surface area contributed by atoms with Crippen LogP contribution < -0.4 is 21.1 Å². The third kappa shape index (κ3) is 12.8. The van der Waals surface area contributed by atoms with Crippen molar-refractivity contribution < 1.29 is 23.8 Å². The third-order valence-electron chi connectivity index (χ3n) is 4.27. The summed E-state index contributed by atoms with van der Waals surface area (Å²) >= 11 is 0. The second kappa shape index (κ2) is 17.8. The zero-order valence-corrected chi connectivity index (χ0v) is 18.6. The first-order chi connectivity index (χ1) is 15.6. The van der Waals surface area contributed by atoms with Crippen molar-refractivity contribution in [3.8, 4) is 5.75 Å². The summed E-state index contributed by atoms with van der Waals surface area (Å²) in [4.78, 5) is 27.1. The van der Waals surface area contributed by atoms with Gasteiger partial charge in [-0.25, -0.2) is 0 Å². The molecule has 11 nitrogen and oxygen atoms in total. The highest BCUT2D eigenvalue weighted by Gasteiger charge is 2.20. The molecule has 1 atom stereocenters. The molecule has 0 fully saturated rings. The van der Waals surface area contributed by atoms with Crippen LogP contribution in [0.2, 0.25) is 0 Å². The molecule has 0 aliphatic carbocycles. The molecule has 11 heteroatoms. The Kier molecular flexibility index (Phi) is 15.1. The molecule has 32 heavy (non-hydrogen) atoms. The van der Waals surface area contributed by atoms with Gasteiger partial charge >= 0.3 is 0 Å². The number of amides is 2. The fourth-order valence-corrected chi connectivity index (χ4v) is 2.58. The summed E-state index contributed by atoms with van der Waals surface area (Å²) in [6.07, 6.45) is 1.43. The van der Waals surface area contributed by atoms with E-state index < -0.39 is 6.04 Å². The number of nitrogens with two attached hydrogens (primary N) is 1. The number of carbonyl (C=O) groups is 2. The smallest absolute Gasteiger partial charge is 0.243 e. The van der Waals surface area contributed by atoms with E-state index in [1.54, 1.807) is 6.92 Å². The molecule has 4 N–H and O–H groups in total. The van der Waals surface area contributed by atoms with E-state index in [4.69, 9.17) is 25.5 Å². The van der Waals surface area contributed by atoms with Gasteiger partial charge in [-0.05, 0) is 36.2 Å². The second-order valence-electron chi connectivity index (χ2n) is 6.78. The molecule has 178 valence electrons. The van der Waals surface area contributed by atoms with E-state index in [1.807, 2.05) is 24.3 Å². The third-order valence-corrected chi connectivity index (χ3v) is 4.27. The lowest BCUT2D eigenvalue weighted by atomic mass is 10.0. The first-order valence-electron chi connectivity index (χ1n) is 10.8. The lowest BCUT2D eigenvalue weighted by molar-refractivity contribution is -0.129. The number of carbonyl (C=O) groups excluding carboxylic acids is 2. The lowest BCUT2D eigenvalue weighted by Gasteiger charge is -2.18. The predicted molar refractivity (Wildman–Crippen MR) is 120 cm³/mol. The van der Waals surface area contributed by atoms with E-state index in [9.17, 15) is 9.59 Å². The van der Waals surface area contributed by atoms with Gasteiger partial charge in [-0.3, -0.25) is 9.59 Å². The van der Waals surface area contributed by atoms with Crippen molar-refractivity contribution in [1.29, 1.82) is 0 Å². The van der Waals surface area contributed by atoms with E-state index in [0.717, 1.165) is 17.7 Å². The Hall–Kier alpha value is -2.85. The van der Waals surface area contributed by atoms with Gasteiger partial charge < -0.3 is 30.6 Å². The van der Waals surface area contributed by atoms with Crippen molar-refractivity contribution >= 4 is 11.8 Å². The predicted octanol–water partition coefficient (Wildman–Crippen LogP) is 1.31. The molecule has 0 aromatic heterocycles. The molecule has 0 aliphatic heterocycles. The molecular weight excluding hydrogens is 416 g/mol. The van der Waals surface area contributed by atoms with Crippen molar-refractivity contribution in [3.05, 3.63) is 40.3 Å². The zero-order chi connectivity index (χ0) is 23.4. The highest BCUT2D eigenvalue weighted by atomic mass is 16.5. The minimum atomic E-state index is -0.685. The van der Waals surface area contributed by atoms with Gasteiger partial charge in [0.1, 0.15) is 11.8 Å². The van der Waals surface area contributed by atoms with Crippen LogP contribution in [-0.2, 0) is 25.5 Å². The van der Waals surface area contributed by atoms with Crippen LogP contribution in [0.4, 0.5) is 0 Å². The Morgan fingerprint density at radius 2 is 1.84 bits per heavy atom. The number of benzene rings is 1. The molecule has 0 spiro atoms. The SMILES string of the molecule is CCC(=O)N[C@@H](Cc1ccc(OCCCN)cc1)C(=O)NCCOCCOCCN=[N+]=[N-]. The molecule has 2 amide bonds. The average molecular weight is 451 g/mol. The van der Waals surface area contributed by atoms with Gasteiger partial charge in [-0.1, -0.05) is 24.2 Å². The van der Waals surface area contributed by atoms with Gasteiger partial charge in [-0.2, -0.15) is 0 Å². The molecule has 1 rings (SSSR count). The molecule has 1 aromatic rings. The number of hydrogen-bond donors (Lipinski definition) is 3. The van der Waals surface area contributed by atoms with Gasteiger partial charge in [0.2, 0.25) is 11.8 Å². The minimum Gasteiger partial charge on any atom is -0.494 e. The van der Waals surface area contributed by atoms with Crippen LogP contribution in [0.25, 0.3) is 10.4 Å². The second-order valence-corrected chi connectivity index (χ2v) is 6.78. The van der Waals surface area contributed by atoms with Crippen molar-refractivity contribution in [1.82, 2.24) is 10.6 Å². The minimum absolute atomic E-state index is 0.194. The van der Waals surface area contributed by atoms with Gasteiger partial charge in [0.25, 0.3) is 0 Å². The van der Waals surface area contributed by atoms with Crippen LogP contribution in [0, 0.1) is 0 Å².